The fourth-order valence-electron chi connectivity index (χ4n) is 3.28. The lowest BCUT2D eigenvalue weighted by molar-refractivity contribution is -0.124. The number of anilines is 1. The lowest BCUT2D eigenvalue weighted by Gasteiger charge is -2.29. The molecule has 0 bridgehead atoms. The summed E-state index contributed by atoms with van der Waals surface area (Å²) in [5, 5.41) is 2.54. The lowest BCUT2D eigenvalue weighted by atomic mass is 10.0. The Morgan fingerprint density at radius 3 is 2.55 bits per heavy atom. The Labute approximate surface area is 170 Å². The number of sulfone groups is 1. The molecule has 0 saturated carbocycles. The Kier molecular flexibility index (Phi) is 6.53. The molecule has 7 nitrogen and oxygen atoms in total. The fraction of sp³-hybridized carbons (Fsp3) is 0.333. The highest BCUT2D eigenvalue weighted by atomic mass is 32.2. The van der Waals surface area contributed by atoms with Gasteiger partial charge in [0.25, 0.3) is 0 Å². The topological polar surface area (TPSA) is 92.8 Å². The van der Waals surface area contributed by atoms with Crippen molar-refractivity contribution in [3.05, 3.63) is 54.1 Å². The van der Waals surface area contributed by atoms with Gasteiger partial charge in [0.05, 0.1) is 24.3 Å². The van der Waals surface area contributed by atoms with E-state index in [1.165, 1.54) is 19.2 Å². The Hall–Kier alpha value is -2.87. The van der Waals surface area contributed by atoms with E-state index in [0.29, 0.717) is 12.3 Å². The van der Waals surface area contributed by atoms with Crippen molar-refractivity contribution in [1.29, 1.82) is 0 Å². The molecule has 0 spiro atoms. The van der Waals surface area contributed by atoms with E-state index in [1.807, 2.05) is 24.3 Å². The minimum Gasteiger partial charge on any atom is -0.497 e. The predicted molar refractivity (Wildman–Crippen MR) is 110 cm³/mol. The molecule has 154 valence electrons. The average molecular weight is 416 g/mol. The number of carbonyl (C=O) groups excluding carboxylic acids is 2. The number of hydrogen-bond donors (Lipinski definition) is 1. The monoisotopic (exact) mass is 416 g/mol. The smallest absolute Gasteiger partial charge is 0.246 e. The molecule has 0 aliphatic carbocycles. The van der Waals surface area contributed by atoms with Crippen LogP contribution in [0.3, 0.4) is 0 Å². The first kappa shape index (κ1) is 20.9. The third-order valence-corrected chi connectivity index (χ3v) is 6.60. The maximum Gasteiger partial charge on any atom is 0.246 e. The van der Waals surface area contributed by atoms with Crippen LogP contribution < -0.4 is 15.0 Å². The zero-order chi connectivity index (χ0) is 20.9. The quantitative estimate of drug-likeness (QED) is 0.745. The van der Waals surface area contributed by atoms with Crippen LogP contribution in [0.15, 0.2) is 53.4 Å². The average Bonchev–Trinajstić information content (AvgIpc) is 2.75. The molecular weight excluding hydrogens is 392 g/mol. The first-order valence-corrected chi connectivity index (χ1v) is 11.1. The molecule has 0 fully saturated rings. The largest absolute Gasteiger partial charge is 0.497 e. The second kappa shape index (κ2) is 9.09. The zero-order valence-corrected chi connectivity index (χ0v) is 17.1. The van der Waals surface area contributed by atoms with Gasteiger partial charge in [-0.05, 0) is 48.7 Å². The molecule has 2 amide bonds. The Balaban J connectivity index is 1.51. The molecule has 0 aromatic heterocycles. The molecular formula is C21H24N2O5S. The van der Waals surface area contributed by atoms with Crippen molar-refractivity contribution in [2.75, 3.05) is 30.9 Å². The van der Waals surface area contributed by atoms with E-state index >= 15 is 0 Å². The summed E-state index contributed by atoms with van der Waals surface area (Å²) in [5.74, 6) is -0.449. The highest BCUT2D eigenvalue weighted by Gasteiger charge is 2.23. The SMILES string of the molecule is COc1ccc(S(=O)(=O)CCC(=O)NCC(=O)N2CCCc3ccccc32)cc1. The Bertz CT molecular complexity index is 986. The van der Waals surface area contributed by atoms with Crippen LogP contribution in [-0.2, 0) is 25.8 Å². The number of fused-ring (bicyclic) bond motifs is 1. The molecule has 0 radical (unpaired) electrons. The molecule has 0 saturated heterocycles. The minimum absolute atomic E-state index is 0.132. The zero-order valence-electron chi connectivity index (χ0n) is 16.3. The van der Waals surface area contributed by atoms with E-state index in [-0.39, 0.29) is 29.5 Å². The number of benzene rings is 2. The van der Waals surface area contributed by atoms with E-state index in [4.69, 9.17) is 4.74 Å². The molecule has 3 rings (SSSR count). The van der Waals surface area contributed by atoms with Crippen LogP contribution in [0.5, 0.6) is 5.75 Å². The number of methoxy groups -OCH3 is 1. The third kappa shape index (κ3) is 5.14. The molecule has 1 N–H and O–H groups in total. The standard InChI is InChI=1S/C21H24N2O5S/c1-28-17-8-10-18(11-9-17)29(26,27)14-12-20(24)22-15-21(25)23-13-4-6-16-5-2-3-7-19(16)23/h2-3,5,7-11H,4,6,12-15H2,1H3,(H,22,24). The second-order valence-electron chi connectivity index (χ2n) is 6.80. The van der Waals surface area contributed by atoms with Gasteiger partial charge in [0.1, 0.15) is 5.75 Å². The van der Waals surface area contributed by atoms with Gasteiger partial charge in [-0.1, -0.05) is 18.2 Å². The van der Waals surface area contributed by atoms with Crippen molar-refractivity contribution in [3.63, 3.8) is 0 Å². The van der Waals surface area contributed by atoms with Gasteiger partial charge in [0.2, 0.25) is 11.8 Å². The van der Waals surface area contributed by atoms with Crippen molar-refractivity contribution in [1.82, 2.24) is 5.32 Å². The van der Waals surface area contributed by atoms with Crippen LogP contribution in [0.25, 0.3) is 0 Å². The first-order chi connectivity index (χ1) is 13.9. The first-order valence-electron chi connectivity index (χ1n) is 9.42. The molecule has 1 aliphatic rings. The summed E-state index contributed by atoms with van der Waals surface area (Å²) < 4.78 is 29.7. The number of nitrogens with one attached hydrogen (secondary N) is 1. The van der Waals surface area contributed by atoms with E-state index < -0.39 is 15.7 Å². The maximum absolute atomic E-state index is 12.5. The van der Waals surface area contributed by atoms with Crippen LogP contribution >= 0.6 is 0 Å². The minimum atomic E-state index is -3.59. The molecule has 8 heteroatoms. The summed E-state index contributed by atoms with van der Waals surface area (Å²) in [4.78, 5) is 26.4. The Morgan fingerprint density at radius 2 is 1.83 bits per heavy atom. The summed E-state index contributed by atoms with van der Waals surface area (Å²) in [6.07, 6.45) is 1.59. The van der Waals surface area contributed by atoms with Gasteiger partial charge in [0.15, 0.2) is 9.84 Å². The van der Waals surface area contributed by atoms with Crippen LogP contribution in [0.1, 0.15) is 18.4 Å². The molecule has 1 aliphatic heterocycles. The second-order valence-corrected chi connectivity index (χ2v) is 8.91. The van der Waals surface area contributed by atoms with Crippen molar-refractivity contribution < 1.29 is 22.7 Å². The lowest BCUT2D eigenvalue weighted by Crippen LogP contribution is -2.42. The number of rotatable bonds is 7. The Morgan fingerprint density at radius 1 is 1.10 bits per heavy atom. The van der Waals surface area contributed by atoms with Gasteiger partial charge < -0.3 is 15.0 Å². The fourth-order valence-corrected chi connectivity index (χ4v) is 4.52. The highest BCUT2D eigenvalue weighted by Crippen LogP contribution is 2.26. The number of amides is 2. The van der Waals surface area contributed by atoms with Gasteiger partial charge in [-0.2, -0.15) is 0 Å². The summed E-state index contributed by atoms with van der Waals surface area (Å²) in [6.45, 7) is 0.452. The molecule has 2 aromatic carbocycles. The van der Waals surface area contributed by atoms with Gasteiger partial charge >= 0.3 is 0 Å². The van der Waals surface area contributed by atoms with Crippen molar-refractivity contribution in [2.24, 2.45) is 0 Å². The van der Waals surface area contributed by atoms with Crippen LogP contribution in [-0.4, -0.2) is 46.2 Å². The normalized spacial score (nSPS) is 13.5. The number of para-hydroxylation sites is 1. The van der Waals surface area contributed by atoms with Gasteiger partial charge in [-0.3, -0.25) is 9.59 Å². The van der Waals surface area contributed by atoms with Crippen molar-refractivity contribution >= 4 is 27.3 Å². The van der Waals surface area contributed by atoms with Crippen LogP contribution in [0, 0.1) is 0 Å². The predicted octanol–water partition coefficient (Wildman–Crippen LogP) is 1.95. The number of nitrogens with zero attached hydrogens (tertiary/aromatic N) is 1. The summed E-state index contributed by atoms with van der Waals surface area (Å²) in [6, 6.07) is 13.7. The van der Waals surface area contributed by atoms with Crippen LogP contribution in [0.4, 0.5) is 5.69 Å². The highest BCUT2D eigenvalue weighted by molar-refractivity contribution is 7.91. The molecule has 29 heavy (non-hydrogen) atoms. The van der Waals surface area contributed by atoms with E-state index in [2.05, 4.69) is 5.32 Å². The number of ether oxygens (including phenoxy) is 1. The van der Waals surface area contributed by atoms with Gasteiger partial charge in [-0.25, -0.2) is 8.42 Å². The summed E-state index contributed by atoms with van der Waals surface area (Å²) >= 11 is 0. The van der Waals surface area contributed by atoms with Crippen molar-refractivity contribution in [3.8, 4) is 5.75 Å². The van der Waals surface area contributed by atoms with Gasteiger partial charge in [-0.15, -0.1) is 0 Å². The van der Waals surface area contributed by atoms with Gasteiger partial charge in [0, 0.05) is 18.7 Å². The molecule has 2 aromatic rings. The van der Waals surface area contributed by atoms with E-state index in [0.717, 1.165) is 24.1 Å². The molecule has 1 heterocycles. The maximum atomic E-state index is 12.5. The summed E-state index contributed by atoms with van der Waals surface area (Å²) in [5.41, 5.74) is 1.99. The molecule has 0 atom stereocenters. The number of carbonyl (C=O) groups is 2. The van der Waals surface area contributed by atoms with E-state index in [1.54, 1.807) is 17.0 Å². The number of aryl methyl sites for hydroxylation is 1. The van der Waals surface area contributed by atoms with Crippen molar-refractivity contribution in [2.45, 2.75) is 24.2 Å². The number of hydrogen-bond acceptors (Lipinski definition) is 5. The summed E-state index contributed by atoms with van der Waals surface area (Å²) in [7, 11) is -2.09. The molecule has 0 unspecified atom stereocenters. The van der Waals surface area contributed by atoms with Crippen LogP contribution in [0.2, 0.25) is 0 Å². The van der Waals surface area contributed by atoms with E-state index in [9.17, 15) is 18.0 Å². The third-order valence-electron chi connectivity index (χ3n) is 4.86.